The Balaban J connectivity index is 0.00000220. The van der Waals surface area contributed by atoms with Crippen LogP contribution in [-0.4, -0.2) is 30.6 Å². The van der Waals surface area contributed by atoms with E-state index >= 15 is 0 Å². The molecule has 3 N–H and O–H groups in total. The fourth-order valence-corrected chi connectivity index (χ4v) is 2.45. The van der Waals surface area contributed by atoms with Gasteiger partial charge in [0.15, 0.2) is 0 Å². The van der Waals surface area contributed by atoms with Gasteiger partial charge in [-0.15, -0.1) is 12.4 Å². The number of aliphatic hydroxyl groups excluding tert-OH is 1. The minimum atomic E-state index is -1.01. The molecule has 21 heavy (non-hydrogen) atoms. The van der Waals surface area contributed by atoms with E-state index in [0.717, 1.165) is 25.9 Å². The summed E-state index contributed by atoms with van der Waals surface area (Å²) < 4.78 is 13.4. The highest BCUT2D eigenvalue weighted by atomic mass is 35.5. The van der Waals surface area contributed by atoms with Crippen molar-refractivity contribution in [2.75, 3.05) is 19.6 Å². The van der Waals surface area contributed by atoms with E-state index in [1.807, 2.05) is 0 Å². The smallest absolute Gasteiger partial charge is 0.220 e. The highest BCUT2D eigenvalue weighted by molar-refractivity contribution is 5.85. The molecule has 0 aromatic heterocycles. The number of amides is 1. The Morgan fingerprint density at radius 2 is 2.24 bits per heavy atom. The molecule has 1 aliphatic heterocycles. The monoisotopic (exact) mass is 316 g/mol. The second-order valence-electron chi connectivity index (χ2n) is 5.24. The molecule has 1 saturated heterocycles. The first-order valence-corrected chi connectivity index (χ1v) is 7.06. The number of nitrogens with one attached hydrogen (secondary N) is 2. The molecule has 1 fully saturated rings. The first-order valence-electron chi connectivity index (χ1n) is 7.06. The van der Waals surface area contributed by atoms with Crippen LogP contribution in [0.15, 0.2) is 24.3 Å². The molecule has 2 unspecified atom stereocenters. The van der Waals surface area contributed by atoms with Crippen molar-refractivity contribution in [1.29, 1.82) is 0 Å². The summed E-state index contributed by atoms with van der Waals surface area (Å²) >= 11 is 0. The molecule has 118 valence electrons. The summed E-state index contributed by atoms with van der Waals surface area (Å²) in [6.07, 6.45) is 1.42. The summed E-state index contributed by atoms with van der Waals surface area (Å²) in [4.78, 5) is 11.7. The van der Waals surface area contributed by atoms with Gasteiger partial charge in [-0.1, -0.05) is 18.2 Å². The third-order valence-corrected chi connectivity index (χ3v) is 3.70. The standard InChI is InChI=1S/C15H21FN2O2.ClH/c16-13-4-2-1-3-12(13)14(19)10-18-15(20)6-5-11-7-8-17-9-11;/h1-4,11,14,17,19H,5-10H2,(H,18,20);1H. The zero-order valence-corrected chi connectivity index (χ0v) is 12.7. The number of aliphatic hydroxyl groups is 1. The largest absolute Gasteiger partial charge is 0.386 e. The Morgan fingerprint density at radius 3 is 2.90 bits per heavy atom. The molecule has 1 aromatic carbocycles. The van der Waals surface area contributed by atoms with Crippen LogP contribution in [0.25, 0.3) is 0 Å². The molecule has 1 aromatic rings. The number of hydrogen-bond acceptors (Lipinski definition) is 3. The van der Waals surface area contributed by atoms with E-state index in [9.17, 15) is 14.3 Å². The van der Waals surface area contributed by atoms with Crippen LogP contribution in [0.3, 0.4) is 0 Å². The minimum Gasteiger partial charge on any atom is -0.386 e. The number of rotatable bonds is 6. The van der Waals surface area contributed by atoms with E-state index in [1.54, 1.807) is 12.1 Å². The van der Waals surface area contributed by atoms with Crippen molar-refractivity contribution >= 4 is 18.3 Å². The molecule has 0 bridgehead atoms. The first-order chi connectivity index (χ1) is 9.66. The van der Waals surface area contributed by atoms with Gasteiger partial charge in [-0.2, -0.15) is 0 Å². The zero-order chi connectivity index (χ0) is 14.4. The summed E-state index contributed by atoms with van der Waals surface area (Å²) in [6.45, 7) is 2.05. The molecule has 0 spiro atoms. The van der Waals surface area contributed by atoms with Gasteiger partial charge in [-0.25, -0.2) is 4.39 Å². The van der Waals surface area contributed by atoms with Gasteiger partial charge < -0.3 is 15.7 Å². The van der Waals surface area contributed by atoms with E-state index in [-0.39, 0.29) is 30.4 Å². The van der Waals surface area contributed by atoms with Crippen molar-refractivity contribution in [3.05, 3.63) is 35.6 Å². The average Bonchev–Trinajstić information content (AvgIpc) is 2.96. The lowest BCUT2D eigenvalue weighted by molar-refractivity contribution is -0.121. The number of halogens is 2. The summed E-state index contributed by atoms with van der Waals surface area (Å²) in [5, 5.41) is 15.8. The van der Waals surface area contributed by atoms with E-state index in [2.05, 4.69) is 10.6 Å². The maximum Gasteiger partial charge on any atom is 0.220 e. The molecule has 4 nitrogen and oxygen atoms in total. The zero-order valence-electron chi connectivity index (χ0n) is 11.8. The fourth-order valence-electron chi connectivity index (χ4n) is 2.45. The van der Waals surface area contributed by atoms with E-state index in [4.69, 9.17) is 0 Å². The number of carbonyl (C=O) groups excluding carboxylic acids is 1. The van der Waals surface area contributed by atoms with E-state index in [0.29, 0.717) is 12.3 Å². The van der Waals surface area contributed by atoms with Crippen LogP contribution in [0, 0.1) is 11.7 Å². The normalized spacial score (nSPS) is 18.9. The molecular formula is C15H22ClFN2O2. The van der Waals surface area contributed by atoms with Gasteiger partial charge in [0, 0.05) is 18.5 Å². The fraction of sp³-hybridized carbons (Fsp3) is 0.533. The van der Waals surface area contributed by atoms with E-state index in [1.165, 1.54) is 12.1 Å². The number of carbonyl (C=O) groups is 1. The highest BCUT2D eigenvalue weighted by Gasteiger charge is 2.17. The Hall–Kier alpha value is -1.17. The van der Waals surface area contributed by atoms with Crippen LogP contribution < -0.4 is 10.6 Å². The van der Waals surface area contributed by atoms with Gasteiger partial charge in [0.25, 0.3) is 0 Å². The molecule has 1 amide bonds. The Kier molecular flexibility index (Phi) is 7.64. The van der Waals surface area contributed by atoms with Crippen molar-refractivity contribution in [3.8, 4) is 0 Å². The molecule has 0 saturated carbocycles. The molecule has 6 heteroatoms. The van der Waals surface area contributed by atoms with Gasteiger partial charge in [0.1, 0.15) is 5.82 Å². The van der Waals surface area contributed by atoms with Crippen molar-refractivity contribution in [3.63, 3.8) is 0 Å². The third-order valence-electron chi connectivity index (χ3n) is 3.70. The Bertz CT molecular complexity index is 453. The summed E-state index contributed by atoms with van der Waals surface area (Å²) in [6, 6.07) is 6.06. The van der Waals surface area contributed by atoms with Crippen LogP contribution in [0.5, 0.6) is 0 Å². The lowest BCUT2D eigenvalue weighted by Gasteiger charge is -2.13. The number of hydrogen-bond donors (Lipinski definition) is 3. The molecule has 1 aliphatic rings. The molecular weight excluding hydrogens is 295 g/mol. The quantitative estimate of drug-likeness (QED) is 0.750. The topological polar surface area (TPSA) is 61.4 Å². The minimum absolute atomic E-state index is 0. The predicted octanol–water partition coefficient (Wildman–Crippen LogP) is 1.79. The van der Waals surface area contributed by atoms with Crippen LogP contribution >= 0.6 is 12.4 Å². The molecule has 0 aliphatic carbocycles. The van der Waals surface area contributed by atoms with Gasteiger partial charge in [-0.05, 0) is 37.9 Å². The third kappa shape index (κ3) is 5.61. The summed E-state index contributed by atoms with van der Waals surface area (Å²) in [5.41, 5.74) is 0.216. The van der Waals surface area contributed by atoms with Gasteiger partial charge in [-0.3, -0.25) is 4.79 Å². The maximum atomic E-state index is 13.4. The Morgan fingerprint density at radius 1 is 1.48 bits per heavy atom. The SMILES string of the molecule is Cl.O=C(CCC1CCNC1)NCC(O)c1ccccc1F. The molecule has 2 atom stereocenters. The maximum absolute atomic E-state index is 13.4. The van der Waals surface area contributed by atoms with Crippen LogP contribution in [0.4, 0.5) is 4.39 Å². The first kappa shape index (κ1) is 17.9. The van der Waals surface area contributed by atoms with Crippen LogP contribution in [0.2, 0.25) is 0 Å². The molecule has 2 rings (SSSR count). The second-order valence-corrected chi connectivity index (χ2v) is 5.24. The number of benzene rings is 1. The summed E-state index contributed by atoms with van der Waals surface area (Å²) in [5.74, 6) is 0.0239. The predicted molar refractivity (Wildman–Crippen MR) is 81.8 cm³/mol. The second kappa shape index (κ2) is 8.97. The van der Waals surface area contributed by atoms with Crippen molar-refractivity contribution in [2.24, 2.45) is 5.92 Å². The van der Waals surface area contributed by atoms with E-state index < -0.39 is 11.9 Å². The van der Waals surface area contributed by atoms with Crippen LogP contribution in [-0.2, 0) is 4.79 Å². The summed E-state index contributed by atoms with van der Waals surface area (Å²) in [7, 11) is 0. The molecule has 0 radical (unpaired) electrons. The highest BCUT2D eigenvalue weighted by Crippen LogP contribution is 2.16. The van der Waals surface area contributed by atoms with Crippen LogP contribution in [0.1, 0.15) is 30.9 Å². The lowest BCUT2D eigenvalue weighted by atomic mass is 10.0. The van der Waals surface area contributed by atoms with Gasteiger partial charge >= 0.3 is 0 Å². The van der Waals surface area contributed by atoms with Gasteiger partial charge in [0.05, 0.1) is 6.10 Å². The van der Waals surface area contributed by atoms with Crippen molar-refractivity contribution in [2.45, 2.75) is 25.4 Å². The Labute approximate surface area is 130 Å². The van der Waals surface area contributed by atoms with Gasteiger partial charge in [0.2, 0.25) is 5.91 Å². The molecule has 1 heterocycles. The van der Waals surface area contributed by atoms with Crippen molar-refractivity contribution in [1.82, 2.24) is 10.6 Å². The average molecular weight is 317 g/mol. The van der Waals surface area contributed by atoms with Crippen molar-refractivity contribution < 1.29 is 14.3 Å². The lowest BCUT2D eigenvalue weighted by Crippen LogP contribution is -2.29.